The van der Waals surface area contributed by atoms with E-state index in [4.69, 9.17) is 9.15 Å². The van der Waals surface area contributed by atoms with E-state index in [1.807, 2.05) is 32.0 Å². The molecular weight excluding hydrogens is 398 g/mol. The molecule has 0 fully saturated rings. The molecular formula is C21H20F2N2O3S. The lowest BCUT2D eigenvalue weighted by atomic mass is 10.0. The fourth-order valence-electron chi connectivity index (χ4n) is 2.56. The van der Waals surface area contributed by atoms with Crippen LogP contribution < -0.4 is 4.74 Å². The average Bonchev–Trinajstić information content (AvgIpc) is 3.16. The van der Waals surface area contributed by atoms with Gasteiger partial charge in [0.1, 0.15) is 5.75 Å². The highest BCUT2D eigenvalue weighted by molar-refractivity contribution is 7.99. The molecule has 0 aliphatic heterocycles. The van der Waals surface area contributed by atoms with Crippen molar-refractivity contribution in [1.82, 2.24) is 10.2 Å². The summed E-state index contributed by atoms with van der Waals surface area (Å²) < 4.78 is 37.6. The van der Waals surface area contributed by atoms with E-state index in [1.54, 1.807) is 6.92 Å². The number of carbonyl (C=O) groups is 1. The number of ketones is 1. The van der Waals surface area contributed by atoms with E-state index in [2.05, 4.69) is 10.2 Å². The molecule has 3 rings (SSSR count). The van der Waals surface area contributed by atoms with Gasteiger partial charge < -0.3 is 9.15 Å². The van der Waals surface area contributed by atoms with Gasteiger partial charge in [0.05, 0.1) is 0 Å². The Bertz CT molecular complexity index is 1020. The minimum atomic E-state index is -1.04. The lowest BCUT2D eigenvalue weighted by Crippen LogP contribution is -2.14. The molecule has 2 aromatic carbocycles. The first-order chi connectivity index (χ1) is 13.8. The summed E-state index contributed by atoms with van der Waals surface area (Å²) in [6, 6.07) is 9.05. The Labute approximate surface area is 171 Å². The topological polar surface area (TPSA) is 65.2 Å². The smallest absolute Gasteiger partial charge is 0.276 e. The van der Waals surface area contributed by atoms with Gasteiger partial charge in [-0.2, -0.15) is 0 Å². The van der Waals surface area contributed by atoms with Crippen LogP contribution in [-0.4, -0.2) is 21.7 Å². The number of ether oxygens (including phenoxy) is 1. The van der Waals surface area contributed by atoms with Gasteiger partial charge in [-0.25, -0.2) is 8.78 Å². The number of rotatable bonds is 8. The van der Waals surface area contributed by atoms with Crippen molar-refractivity contribution in [3.63, 3.8) is 0 Å². The Hall–Kier alpha value is -2.74. The maximum Gasteiger partial charge on any atom is 0.276 e. The van der Waals surface area contributed by atoms with Crippen LogP contribution in [0.1, 0.15) is 34.3 Å². The molecule has 3 aromatic rings. The Morgan fingerprint density at radius 1 is 1.14 bits per heavy atom. The number of hydrogen-bond donors (Lipinski definition) is 0. The van der Waals surface area contributed by atoms with Crippen molar-refractivity contribution < 1.29 is 22.7 Å². The number of carbonyl (C=O) groups excluding carboxylic acids is 1. The standard InChI is InChI=1S/C21H20F2N2O3S/c1-12-4-5-13(2)18(8-12)27-10-19-24-25-21(28-19)29-11-14(3)20(26)15-6-7-16(22)17(23)9-15/h4-9,14H,10-11H2,1-3H3/t14-/m0/s1. The van der Waals surface area contributed by atoms with Crippen LogP contribution in [0.3, 0.4) is 0 Å². The lowest BCUT2D eigenvalue weighted by molar-refractivity contribution is 0.0941. The predicted molar refractivity (Wildman–Crippen MR) is 105 cm³/mol. The summed E-state index contributed by atoms with van der Waals surface area (Å²) in [5.41, 5.74) is 2.23. The highest BCUT2D eigenvalue weighted by Crippen LogP contribution is 2.24. The van der Waals surface area contributed by atoms with E-state index >= 15 is 0 Å². The molecule has 0 aliphatic rings. The third kappa shape index (κ3) is 5.41. The van der Waals surface area contributed by atoms with E-state index in [9.17, 15) is 13.6 Å². The predicted octanol–water partition coefficient (Wildman–Crippen LogP) is 5.15. The van der Waals surface area contributed by atoms with E-state index in [1.165, 1.54) is 17.8 Å². The van der Waals surface area contributed by atoms with Gasteiger partial charge in [-0.1, -0.05) is 30.8 Å². The molecule has 0 radical (unpaired) electrons. The van der Waals surface area contributed by atoms with E-state index in [0.717, 1.165) is 29.0 Å². The second-order valence-corrected chi connectivity index (χ2v) is 7.70. The van der Waals surface area contributed by atoms with Crippen molar-refractivity contribution in [3.8, 4) is 5.75 Å². The Kier molecular flexibility index (Phi) is 6.64. The van der Waals surface area contributed by atoms with Gasteiger partial charge in [0.25, 0.3) is 11.1 Å². The van der Waals surface area contributed by atoms with Crippen molar-refractivity contribution >= 4 is 17.5 Å². The van der Waals surface area contributed by atoms with Gasteiger partial charge in [-0.15, -0.1) is 10.2 Å². The molecule has 1 aromatic heterocycles. The van der Waals surface area contributed by atoms with Gasteiger partial charge in [-0.3, -0.25) is 4.79 Å². The number of halogens is 2. The third-order valence-electron chi connectivity index (χ3n) is 4.25. The molecule has 29 heavy (non-hydrogen) atoms. The van der Waals surface area contributed by atoms with Crippen LogP contribution in [-0.2, 0) is 6.61 Å². The van der Waals surface area contributed by atoms with Crippen LogP contribution in [0.2, 0.25) is 0 Å². The Morgan fingerprint density at radius 3 is 2.69 bits per heavy atom. The van der Waals surface area contributed by atoms with Crippen LogP contribution in [0.15, 0.2) is 46.0 Å². The van der Waals surface area contributed by atoms with Gasteiger partial charge in [-0.05, 0) is 49.2 Å². The third-order valence-corrected chi connectivity index (χ3v) is 5.33. The zero-order valence-electron chi connectivity index (χ0n) is 16.2. The van der Waals surface area contributed by atoms with Crippen LogP contribution in [0.4, 0.5) is 8.78 Å². The molecule has 1 heterocycles. The fraction of sp³-hybridized carbons (Fsp3) is 0.286. The molecule has 0 N–H and O–H groups in total. The summed E-state index contributed by atoms with van der Waals surface area (Å²) in [5.74, 6) is -1.31. The zero-order chi connectivity index (χ0) is 21.0. The normalized spacial score (nSPS) is 12.0. The molecule has 8 heteroatoms. The lowest BCUT2D eigenvalue weighted by Gasteiger charge is -2.09. The monoisotopic (exact) mass is 418 g/mol. The van der Waals surface area contributed by atoms with Gasteiger partial charge in [0.15, 0.2) is 24.0 Å². The van der Waals surface area contributed by atoms with E-state index in [-0.39, 0.29) is 18.0 Å². The van der Waals surface area contributed by atoms with Crippen molar-refractivity contribution in [2.24, 2.45) is 5.92 Å². The number of benzene rings is 2. The second-order valence-electron chi connectivity index (χ2n) is 6.72. The molecule has 0 amide bonds. The summed E-state index contributed by atoms with van der Waals surface area (Å²) >= 11 is 1.22. The first kappa shape index (κ1) is 21.0. The number of hydrogen-bond acceptors (Lipinski definition) is 6. The van der Waals surface area contributed by atoms with Crippen molar-refractivity contribution in [1.29, 1.82) is 0 Å². The molecule has 152 valence electrons. The number of Topliss-reactive ketones (excluding diaryl/α,β-unsaturated/α-hetero) is 1. The van der Waals surface area contributed by atoms with Crippen molar-refractivity contribution in [2.75, 3.05) is 5.75 Å². The first-order valence-electron chi connectivity index (χ1n) is 8.98. The minimum Gasteiger partial charge on any atom is -0.484 e. The molecule has 0 unspecified atom stereocenters. The molecule has 0 spiro atoms. The van der Waals surface area contributed by atoms with E-state index in [0.29, 0.717) is 16.9 Å². The van der Waals surface area contributed by atoms with Crippen LogP contribution in [0.5, 0.6) is 5.75 Å². The van der Waals surface area contributed by atoms with Crippen molar-refractivity contribution in [2.45, 2.75) is 32.6 Å². The first-order valence-corrected chi connectivity index (χ1v) is 9.96. The number of nitrogens with zero attached hydrogens (tertiary/aromatic N) is 2. The summed E-state index contributed by atoms with van der Waals surface area (Å²) in [5, 5.41) is 8.20. The molecule has 5 nitrogen and oxygen atoms in total. The van der Waals surface area contributed by atoms with Gasteiger partial charge >= 0.3 is 0 Å². The fourth-order valence-corrected chi connectivity index (χ4v) is 3.36. The van der Waals surface area contributed by atoms with Crippen LogP contribution >= 0.6 is 11.8 Å². The summed E-state index contributed by atoms with van der Waals surface area (Å²) in [6.45, 7) is 5.78. The number of aryl methyl sites for hydroxylation is 2. The van der Waals surface area contributed by atoms with E-state index < -0.39 is 17.6 Å². The van der Waals surface area contributed by atoms with Crippen molar-refractivity contribution in [3.05, 3.63) is 70.6 Å². The number of thioether (sulfide) groups is 1. The maximum absolute atomic E-state index is 13.3. The minimum absolute atomic E-state index is 0.130. The molecule has 0 aliphatic carbocycles. The SMILES string of the molecule is Cc1ccc(C)c(OCc2nnc(SC[C@H](C)C(=O)c3ccc(F)c(F)c3)o2)c1. The quantitative estimate of drug-likeness (QED) is 0.372. The summed E-state index contributed by atoms with van der Waals surface area (Å²) in [4.78, 5) is 12.4. The van der Waals surface area contributed by atoms with Gasteiger partial charge in [0.2, 0.25) is 0 Å². The highest BCUT2D eigenvalue weighted by Gasteiger charge is 2.19. The van der Waals surface area contributed by atoms with Crippen LogP contribution in [0, 0.1) is 31.4 Å². The maximum atomic E-state index is 13.3. The highest BCUT2D eigenvalue weighted by atomic mass is 32.2. The van der Waals surface area contributed by atoms with Crippen LogP contribution in [0.25, 0.3) is 0 Å². The molecule has 0 saturated carbocycles. The Morgan fingerprint density at radius 2 is 1.93 bits per heavy atom. The summed E-state index contributed by atoms with van der Waals surface area (Å²) in [7, 11) is 0. The molecule has 0 saturated heterocycles. The zero-order valence-corrected chi connectivity index (χ0v) is 17.1. The second kappa shape index (κ2) is 9.17. The van der Waals surface area contributed by atoms with Gasteiger partial charge in [0, 0.05) is 17.2 Å². The summed E-state index contributed by atoms with van der Waals surface area (Å²) in [6.07, 6.45) is 0. The number of aromatic nitrogens is 2. The molecule has 0 bridgehead atoms. The average molecular weight is 418 g/mol. The largest absolute Gasteiger partial charge is 0.484 e. The molecule has 1 atom stereocenters. The Balaban J connectivity index is 1.53.